The number of carbonyl (C=O) groups excluding carboxylic acids is 1. The van der Waals surface area contributed by atoms with Gasteiger partial charge in [-0.3, -0.25) is 4.79 Å². The molecule has 1 saturated heterocycles. The number of amides is 1. The lowest BCUT2D eigenvalue weighted by molar-refractivity contribution is -0.127. The number of aryl methyl sites for hydroxylation is 1. The number of carbonyl (C=O) groups is 2. The average Bonchev–Trinajstić information content (AvgIpc) is 2.60. The maximum absolute atomic E-state index is 11.7. The van der Waals surface area contributed by atoms with E-state index in [0.717, 1.165) is 0 Å². The molecule has 2 N–H and O–H groups in total. The van der Waals surface area contributed by atoms with Gasteiger partial charge in [-0.05, 0) is 25.5 Å². The number of carboxylic acid groups (broad SMARTS) is 1. The fraction of sp³-hybridized carbons (Fsp3) is 0.417. The minimum Gasteiger partial charge on any atom is -0.478 e. The van der Waals surface area contributed by atoms with Gasteiger partial charge in [0.25, 0.3) is 0 Å². The summed E-state index contributed by atoms with van der Waals surface area (Å²) >= 11 is 0. The van der Waals surface area contributed by atoms with E-state index in [-0.39, 0.29) is 17.5 Å². The van der Waals surface area contributed by atoms with Crippen molar-refractivity contribution in [3.63, 3.8) is 0 Å². The molecule has 0 aromatic carbocycles. The number of pyridine rings is 1. The zero-order valence-electron chi connectivity index (χ0n) is 10.3. The Kier molecular flexibility index (Phi) is 3.18. The van der Waals surface area contributed by atoms with Gasteiger partial charge in [0.1, 0.15) is 11.9 Å². The Bertz CT molecular complexity index is 501. The predicted octanol–water partition coefficient (Wildman–Crippen LogP) is 0.731. The van der Waals surface area contributed by atoms with Crippen LogP contribution < -0.4 is 5.32 Å². The molecule has 6 nitrogen and oxygen atoms in total. The monoisotopic (exact) mass is 249 g/mol. The van der Waals surface area contributed by atoms with E-state index in [2.05, 4.69) is 10.3 Å². The molecule has 1 aromatic heterocycles. The summed E-state index contributed by atoms with van der Waals surface area (Å²) in [6.45, 7) is 2.42. The quantitative estimate of drug-likeness (QED) is 0.825. The van der Waals surface area contributed by atoms with E-state index in [1.54, 1.807) is 18.9 Å². The summed E-state index contributed by atoms with van der Waals surface area (Å²) in [4.78, 5) is 28.5. The van der Waals surface area contributed by atoms with Gasteiger partial charge in [0, 0.05) is 19.3 Å². The zero-order chi connectivity index (χ0) is 13.3. The Morgan fingerprint density at radius 3 is 2.83 bits per heavy atom. The highest BCUT2D eigenvalue weighted by Gasteiger charge is 2.29. The van der Waals surface area contributed by atoms with Crippen molar-refractivity contribution in [2.75, 3.05) is 18.9 Å². The fourth-order valence-corrected chi connectivity index (χ4v) is 2.00. The van der Waals surface area contributed by atoms with Crippen molar-refractivity contribution in [1.82, 2.24) is 9.88 Å². The number of likely N-dealkylation sites (N-methyl/N-ethyl adjacent to an activating group) is 1. The van der Waals surface area contributed by atoms with Gasteiger partial charge in [0.05, 0.1) is 5.56 Å². The lowest BCUT2D eigenvalue weighted by atomic mass is 10.2. The van der Waals surface area contributed by atoms with E-state index in [1.165, 1.54) is 12.1 Å². The molecule has 0 aliphatic carbocycles. The number of rotatable bonds is 3. The molecular formula is C12H15N3O3. The molecule has 1 aliphatic rings. The predicted molar refractivity (Wildman–Crippen MR) is 65.6 cm³/mol. The molecule has 0 radical (unpaired) electrons. The average molecular weight is 249 g/mol. The molecule has 2 rings (SSSR count). The van der Waals surface area contributed by atoms with Crippen LogP contribution in [0.4, 0.5) is 5.82 Å². The molecule has 1 atom stereocenters. The summed E-state index contributed by atoms with van der Waals surface area (Å²) in [5.74, 6) is -0.561. The van der Waals surface area contributed by atoms with E-state index in [4.69, 9.17) is 5.11 Å². The molecule has 96 valence electrons. The van der Waals surface area contributed by atoms with Gasteiger partial charge in [-0.1, -0.05) is 0 Å². The zero-order valence-corrected chi connectivity index (χ0v) is 10.3. The van der Waals surface area contributed by atoms with Gasteiger partial charge in [0.2, 0.25) is 5.91 Å². The second-order valence-corrected chi connectivity index (χ2v) is 4.43. The number of hydrogen-bond donors (Lipinski definition) is 2. The Labute approximate surface area is 105 Å². The smallest absolute Gasteiger partial charge is 0.335 e. The molecule has 1 unspecified atom stereocenters. The van der Waals surface area contributed by atoms with Crippen LogP contribution in [0.25, 0.3) is 0 Å². The second-order valence-electron chi connectivity index (χ2n) is 4.43. The van der Waals surface area contributed by atoms with Crippen molar-refractivity contribution in [3.05, 3.63) is 23.4 Å². The van der Waals surface area contributed by atoms with E-state index < -0.39 is 5.97 Å². The van der Waals surface area contributed by atoms with Crippen molar-refractivity contribution in [2.45, 2.75) is 19.4 Å². The molecule has 6 heteroatoms. The van der Waals surface area contributed by atoms with Crippen LogP contribution in [0, 0.1) is 6.92 Å². The standard InChI is InChI=1S/C12H15N3O3/c1-7-5-8(12(17)18)6-10(13-7)14-9-3-4-15(2)11(9)16/h5-6,9H,3-4H2,1-2H3,(H,13,14)(H,17,18). The van der Waals surface area contributed by atoms with E-state index in [1.807, 2.05) is 0 Å². The van der Waals surface area contributed by atoms with Crippen LogP contribution in [-0.4, -0.2) is 46.5 Å². The molecule has 0 spiro atoms. The molecule has 1 aliphatic heterocycles. The third kappa shape index (κ3) is 2.42. The number of aromatic nitrogens is 1. The molecular weight excluding hydrogens is 234 g/mol. The van der Waals surface area contributed by atoms with Crippen LogP contribution in [0.1, 0.15) is 22.5 Å². The van der Waals surface area contributed by atoms with E-state index >= 15 is 0 Å². The van der Waals surface area contributed by atoms with Crippen molar-refractivity contribution in [2.24, 2.45) is 0 Å². The van der Waals surface area contributed by atoms with Crippen LogP contribution in [0.3, 0.4) is 0 Å². The lowest BCUT2D eigenvalue weighted by Gasteiger charge is -2.13. The van der Waals surface area contributed by atoms with Gasteiger partial charge < -0.3 is 15.3 Å². The maximum atomic E-state index is 11.7. The normalized spacial score (nSPS) is 19.1. The largest absolute Gasteiger partial charge is 0.478 e. The number of carboxylic acids is 1. The first-order valence-electron chi connectivity index (χ1n) is 5.71. The van der Waals surface area contributed by atoms with Gasteiger partial charge in [-0.25, -0.2) is 9.78 Å². The summed E-state index contributed by atoms with van der Waals surface area (Å²) in [7, 11) is 1.75. The van der Waals surface area contributed by atoms with Gasteiger partial charge >= 0.3 is 5.97 Å². The highest BCUT2D eigenvalue weighted by Crippen LogP contribution is 2.16. The summed E-state index contributed by atoms with van der Waals surface area (Å²) < 4.78 is 0. The number of anilines is 1. The number of nitrogens with zero attached hydrogens (tertiary/aromatic N) is 2. The third-order valence-corrected chi connectivity index (χ3v) is 2.95. The molecule has 1 amide bonds. The van der Waals surface area contributed by atoms with Crippen molar-refractivity contribution >= 4 is 17.7 Å². The summed E-state index contributed by atoms with van der Waals surface area (Å²) in [5, 5.41) is 11.9. The number of likely N-dealkylation sites (tertiary alicyclic amines) is 1. The van der Waals surface area contributed by atoms with Gasteiger partial charge in [-0.2, -0.15) is 0 Å². The topological polar surface area (TPSA) is 82.5 Å². The first kappa shape index (κ1) is 12.3. The molecule has 0 bridgehead atoms. The first-order chi connectivity index (χ1) is 8.47. The molecule has 1 fully saturated rings. The van der Waals surface area contributed by atoms with Crippen LogP contribution in [0.2, 0.25) is 0 Å². The summed E-state index contributed by atoms with van der Waals surface area (Å²) in [6, 6.07) is 2.63. The number of hydrogen-bond acceptors (Lipinski definition) is 4. The molecule has 1 aromatic rings. The Morgan fingerprint density at radius 1 is 1.56 bits per heavy atom. The highest BCUT2D eigenvalue weighted by molar-refractivity contribution is 5.89. The SMILES string of the molecule is Cc1cc(C(=O)O)cc(NC2CCN(C)C2=O)n1. The van der Waals surface area contributed by atoms with Crippen LogP contribution >= 0.6 is 0 Å². The molecule has 18 heavy (non-hydrogen) atoms. The van der Waals surface area contributed by atoms with Crippen LogP contribution in [0.5, 0.6) is 0 Å². The van der Waals surface area contributed by atoms with E-state index in [9.17, 15) is 9.59 Å². The third-order valence-electron chi connectivity index (χ3n) is 2.95. The van der Waals surface area contributed by atoms with Crippen LogP contribution in [0.15, 0.2) is 12.1 Å². The highest BCUT2D eigenvalue weighted by atomic mass is 16.4. The summed E-state index contributed by atoms with van der Waals surface area (Å²) in [6.07, 6.45) is 0.702. The Balaban J connectivity index is 2.19. The lowest BCUT2D eigenvalue weighted by Crippen LogP contribution is -2.31. The van der Waals surface area contributed by atoms with Crippen molar-refractivity contribution in [3.8, 4) is 0 Å². The maximum Gasteiger partial charge on any atom is 0.335 e. The van der Waals surface area contributed by atoms with Gasteiger partial charge in [-0.15, -0.1) is 0 Å². The minimum atomic E-state index is -1.00. The number of aromatic carboxylic acids is 1. The summed E-state index contributed by atoms with van der Waals surface area (Å²) in [5.41, 5.74) is 0.778. The second kappa shape index (κ2) is 4.64. The Hall–Kier alpha value is -2.11. The van der Waals surface area contributed by atoms with Crippen molar-refractivity contribution < 1.29 is 14.7 Å². The van der Waals surface area contributed by atoms with Gasteiger partial charge in [0.15, 0.2) is 0 Å². The number of nitrogens with one attached hydrogen (secondary N) is 1. The van der Waals surface area contributed by atoms with Crippen LogP contribution in [-0.2, 0) is 4.79 Å². The van der Waals surface area contributed by atoms with Crippen molar-refractivity contribution in [1.29, 1.82) is 0 Å². The minimum absolute atomic E-state index is 0.00943. The fourth-order valence-electron chi connectivity index (χ4n) is 2.00. The first-order valence-corrected chi connectivity index (χ1v) is 5.71. The molecule has 0 saturated carbocycles. The molecule has 2 heterocycles. The van der Waals surface area contributed by atoms with E-state index in [0.29, 0.717) is 24.5 Å². The Morgan fingerprint density at radius 2 is 2.28 bits per heavy atom.